The molecular weight excluding hydrogens is 172 g/mol. The summed E-state index contributed by atoms with van der Waals surface area (Å²) in [5.41, 5.74) is 10.5. The second-order valence-corrected chi connectivity index (χ2v) is 3.01. The van der Waals surface area contributed by atoms with Crippen LogP contribution in [0.25, 0.3) is 0 Å². The van der Waals surface area contributed by atoms with Crippen molar-refractivity contribution in [3.8, 4) is 0 Å². The molecule has 13 heavy (non-hydrogen) atoms. The van der Waals surface area contributed by atoms with Crippen LogP contribution in [0.15, 0.2) is 0 Å². The Morgan fingerprint density at radius 2 is 1.31 bits per heavy atom. The van der Waals surface area contributed by atoms with Crippen molar-refractivity contribution in [2.24, 2.45) is 11.5 Å². The van der Waals surface area contributed by atoms with Gasteiger partial charge in [-0.25, -0.2) is 0 Å². The van der Waals surface area contributed by atoms with Gasteiger partial charge in [0.05, 0.1) is 12.2 Å². The molecule has 0 aromatic carbocycles. The Morgan fingerprint density at radius 1 is 1.00 bits per heavy atom. The standard InChI is InChI=1S/C8H20N2O3/c1-3-5(7(9)11)13-6(4-2)8(10)12/h5-8,11-12H,3-4,9-10H2,1-2H3. The highest BCUT2D eigenvalue weighted by Gasteiger charge is 2.21. The Balaban J connectivity index is 4.03. The van der Waals surface area contributed by atoms with Gasteiger partial charge in [-0.2, -0.15) is 0 Å². The summed E-state index contributed by atoms with van der Waals surface area (Å²) in [4.78, 5) is 0. The lowest BCUT2D eigenvalue weighted by atomic mass is 10.2. The maximum Gasteiger partial charge on any atom is 0.128 e. The normalized spacial score (nSPS) is 20.8. The minimum absolute atomic E-state index is 0.469. The van der Waals surface area contributed by atoms with Crippen LogP contribution in [0.1, 0.15) is 26.7 Å². The fourth-order valence-electron chi connectivity index (χ4n) is 1.06. The van der Waals surface area contributed by atoms with Crippen LogP contribution in [0.4, 0.5) is 0 Å². The first-order valence-electron chi connectivity index (χ1n) is 4.55. The minimum atomic E-state index is -1.03. The zero-order valence-electron chi connectivity index (χ0n) is 8.18. The van der Waals surface area contributed by atoms with Crippen molar-refractivity contribution < 1.29 is 14.9 Å². The Morgan fingerprint density at radius 3 is 1.46 bits per heavy atom. The van der Waals surface area contributed by atoms with Gasteiger partial charge in [0.15, 0.2) is 0 Å². The predicted molar refractivity (Wildman–Crippen MR) is 49.6 cm³/mol. The van der Waals surface area contributed by atoms with Gasteiger partial charge in [0.25, 0.3) is 0 Å². The van der Waals surface area contributed by atoms with E-state index in [-0.39, 0.29) is 0 Å². The van der Waals surface area contributed by atoms with Crippen molar-refractivity contribution in [3.63, 3.8) is 0 Å². The van der Waals surface area contributed by atoms with Gasteiger partial charge in [-0.3, -0.25) is 0 Å². The fourth-order valence-corrected chi connectivity index (χ4v) is 1.06. The highest BCUT2D eigenvalue weighted by atomic mass is 16.5. The number of rotatable bonds is 6. The van der Waals surface area contributed by atoms with Crippen LogP contribution in [-0.4, -0.2) is 34.9 Å². The molecule has 4 unspecified atom stereocenters. The van der Waals surface area contributed by atoms with Crippen LogP contribution >= 0.6 is 0 Å². The molecule has 0 saturated carbocycles. The summed E-state index contributed by atoms with van der Waals surface area (Å²) in [5, 5.41) is 18.1. The van der Waals surface area contributed by atoms with E-state index in [1.54, 1.807) is 0 Å². The zero-order chi connectivity index (χ0) is 10.4. The molecule has 6 N–H and O–H groups in total. The highest BCUT2D eigenvalue weighted by Crippen LogP contribution is 2.09. The second kappa shape index (κ2) is 6.28. The molecule has 0 radical (unpaired) electrons. The molecule has 0 aliphatic carbocycles. The molecule has 0 aliphatic rings. The second-order valence-electron chi connectivity index (χ2n) is 3.01. The van der Waals surface area contributed by atoms with Crippen LogP contribution in [0.3, 0.4) is 0 Å². The zero-order valence-corrected chi connectivity index (χ0v) is 8.18. The van der Waals surface area contributed by atoms with Crippen molar-refractivity contribution in [2.45, 2.75) is 51.4 Å². The van der Waals surface area contributed by atoms with Gasteiger partial charge in [0.1, 0.15) is 12.5 Å². The number of hydrogen-bond donors (Lipinski definition) is 4. The third-order valence-electron chi connectivity index (χ3n) is 1.92. The summed E-state index contributed by atoms with van der Waals surface area (Å²) in [5.74, 6) is 0. The lowest BCUT2D eigenvalue weighted by Crippen LogP contribution is -2.44. The number of nitrogens with two attached hydrogens (primary N) is 2. The lowest BCUT2D eigenvalue weighted by Gasteiger charge is -2.26. The van der Waals surface area contributed by atoms with E-state index in [0.717, 1.165) is 0 Å². The van der Waals surface area contributed by atoms with E-state index in [2.05, 4.69) is 0 Å². The van der Waals surface area contributed by atoms with Crippen LogP contribution in [0.2, 0.25) is 0 Å². The van der Waals surface area contributed by atoms with Gasteiger partial charge >= 0.3 is 0 Å². The largest absolute Gasteiger partial charge is 0.376 e. The molecule has 4 atom stereocenters. The molecule has 0 bridgehead atoms. The van der Waals surface area contributed by atoms with E-state index < -0.39 is 24.7 Å². The van der Waals surface area contributed by atoms with E-state index in [1.807, 2.05) is 13.8 Å². The van der Waals surface area contributed by atoms with E-state index in [4.69, 9.17) is 26.4 Å². The first kappa shape index (κ1) is 12.8. The topological polar surface area (TPSA) is 102 Å². The van der Waals surface area contributed by atoms with Gasteiger partial charge < -0.3 is 26.4 Å². The number of aliphatic hydroxyl groups is 2. The highest BCUT2D eigenvalue weighted by molar-refractivity contribution is 4.68. The number of ether oxygens (including phenoxy) is 1. The summed E-state index contributed by atoms with van der Waals surface area (Å²) >= 11 is 0. The summed E-state index contributed by atoms with van der Waals surface area (Å²) < 4.78 is 5.32. The van der Waals surface area contributed by atoms with Crippen LogP contribution in [-0.2, 0) is 4.74 Å². The van der Waals surface area contributed by atoms with Crippen molar-refractivity contribution in [1.82, 2.24) is 0 Å². The molecular formula is C8H20N2O3. The van der Waals surface area contributed by atoms with Gasteiger partial charge in [0.2, 0.25) is 0 Å². The average Bonchev–Trinajstić information content (AvgIpc) is 2.05. The van der Waals surface area contributed by atoms with Crippen LogP contribution in [0.5, 0.6) is 0 Å². The molecule has 0 amide bonds. The number of aliphatic hydroxyl groups excluding tert-OH is 2. The van der Waals surface area contributed by atoms with E-state index in [9.17, 15) is 0 Å². The molecule has 0 fully saturated rings. The third-order valence-corrected chi connectivity index (χ3v) is 1.92. The molecule has 0 aromatic heterocycles. The molecule has 0 heterocycles. The maximum absolute atomic E-state index is 9.07. The lowest BCUT2D eigenvalue weighted by molar-refractivity contribution is -0.115. The summed E-state index contributed by atoms with van der Waals surface area (Å²) in [6, 6.07) is 0. The molecule has 5 nitrogen and oxygen atoms in total. The van der Waals surface area contributed by atoms with Crippen molar-refractivity contribution >= 4 is 0 Å². The fraction of sp³-hybridized carbons (Fsp3) is 1.00. The summed E-state index contributed by atoms with van der Waals surface area (Å²) in [6.45, 7) is 3.69. The van der Waals surface area contributed by atoms with Crippen LogP contribution < -0.4 is 11.5 Å². The Kier molecular flexibility index (Phi) is 6.19. The average molecular weight is 192 g/mol. The van der Waals surface area contributed by atoms with Gasteiger partial charge in [0, 0.05) is 0 Å². The van der Waals surface area contributed by atoms with Crippen molar-refractivity contribution in [2.75, 3.05) is 0 Å². The minimum Gasteiger partial charge on any atom is -0.376 e. The van der Waals surface area contributed by atoms with Gasteiger partial charge in [-0.15, -0.1) is 0 Å². The van der Waals surface area contributed by atoms with E-state index in [1.165, 1.54) is 0 Å². The molecule has 0 spiro atoms. The molecule has 0 rings (SSSR count). The van der Waals surface area contributed by atoms with Gasteiger partial charge in [-0.05, 0) is 12.8 Å². The third kappa shape index (κ3) is 4.54. The maximum atomic E-state index is 9.07. The SMILES string of the molecule is CCC(OC(CC)C(N)O)C(N)O. The van der Waals surface area contributed by atoms with Gasteiger partial charge in [-0.1, -0.05) is 13.8 Å². The predicted octanol–water partition coefficient (Wildman–Crippen LogP) is -0.886. The Labute approximate surface area is 78.7 Å². The Bertz CT molecular complexity index is 117. The van der Waals surface area contributed by atoms with Crippen molar-refractivity contribution in [1.29, 1.82) is 0 Å². The van der Waals surface area contributed by atoms with E-state index >= 15 is 0 Å². The molecule has 0 aromatic rings. The first-order valence-corrected chi connectivity index (χ1v) is 4.55. The molecule has 0 saturated heterocycles. The quantitative estimate of drug-likeness (QED) is 0.409. The Hall–Kier alpha value is -0.200. The smallest absolute Gasteiger partial charge is 0.128 e. The summed E-state index contributed by atoms with van der Waals surface area (Å²) in [6.07, 6.45) is -1.83. The molecule has 80 valence electrons. The monoisotopic (exact) mass is 192 g/mol. The summed E-state index contributed by atoms with van der Waals surface area (Å²) in [7, 11) is 0. The first-order chi connectivity index (χ1) is 6.02. The molecule has 0 aliphatic heterocycles. The van der Waals surface area contributed by atoms with E-state index in [0.29, 0.717) is 12.8 Å². The molecule has 5 heteroatoms. The van der Waals surface area contributed by atoms with Crippen molar-refractivity contribution in [3.05, 3.63) is 0 Å². The van der Waals surface area contributed by atoms with Crippen LogP contribution in [0, 0.1) is 0 Å². The number of hydrogen-bond acceptors (Lipinski definition) is 5.